The van der Waals surface area contributed by atoms with Crippen molar-refractivity contribution in [2.24, 2.45) is 7.05 Å². The third-order valence-electron chi connectivity index (χ3n) is 6.69. The summed E-state index contributed by atoms with van der Waals surface area (Å²) in [6, 6.07) is 18.0. The number of carbonyl (C=O) groups is 2. The zero-order chi connectivity index (χ0) is 28.5. The minimum absolute atomic E-state index is 0.00255. The molecule has 4 rings (SSSR count). The van der Waals surface area contributed by atoms with E-state index >= 15 is 0 Å². The Labute approximate surface area is 226 Å². The number of nitrogens with zero attached hydrogens (tertiary/aromatic N) is 2. The van der Waals surface area contributed by atoms with Gasteiger partial charge in [0.25, 0.3) is 15.6 Å². The number of hydrogen-bond acceptors (Lipinski definition) is 6. The molecule has 3 aromatic carbocycles. The monoisotopic (exact) mass is 547 g/mol. The van der Waals surface area contributed by atoms with Gasteiger partial charge in [0.1, 0.15) is 5.69 Å². The van der Waals surface area contributed by atoms with Gasteiger partial charge in [0.2, 0.25) is 0 Å². The predicted molar refractivity (Wildman–Crippen MR) is 148 cm³/mol. The van der Waals surface area contributed by atoms with Crippen LogP contribution in [-0.4, -0.2) is 36.1 Å². The van der Waals surface area contributed by atoms with E-state index in [0.717, 1.165) is 11.1 Å². The molecule has 0 aliphatic heterocycles. The van der Waals surface area contributed by atoms with Crippen LogP contribution in [0, 0.1) is 27.7 Å². The summed E-state index contributed by atoms with van der Waals surface area (Å²) in [6.45, 7) is 6.59. The van der Waals surface area contributed by atoms with Gasteiger partial charge in [0, 0.05) is 12.6 Å². The van der Waals surface area contributed by atoms with E-state index in [2.05, 4.69) is 4.72 Å². The first kappa shape index (κ1) is 27.6. The molecular weight excluding hydrogens is 518 g/mol. The molecule has 202 valence electrons. The quantitative estimate of drug-likeness (QED) is 0.260. The Morgan fingerprint density at radius 2 is 1.54 bits per heavy atom. The lowest BCUT2D eigenvalue weighted by Crippen LogP contribution is -2.23. The van der Waals surface area contributed by atoms with Crippen molar-refractivity contribution in [3.05, 3.63) is 111 Å². The number of benzene rings is 3. The second-order valence-corrected chi connectivity index (χ2v) is 11.0. The number of sulfonamides is 1. The molecule has 0 fully saturated rings. The second-order valence-electron chi connectivity index (χ2n) is 9.32. The summed E-state index contributed by atoms with van der Waals surface area (Å²) in [7, 11) is -2.60. The van der Waals surface area contributed by atoms with Gasteiger partial charge in [0.05, 0.1) is 21.8 Å². The molecule has 0 atom stereocenters. The number of ketones is 1. The summed E-state index contributed by atoms with van der Waals surface area (Å²) in [4.78, 5) is 38.3. The van der Waals surface area contributed by atoms with E-state index < -0.39 is 28.2 Å². The fourth-order valence-electron chi connectivity index (χ4n) is 4.07. The molecule has 0 radical (unpaired) electrons. The van der Waals surface area contributed by atoms with E-state index in [0.29, 0.717) is 22.5 Å². The van der Waals surface area contributed by atoms with Crippen LogP contribution in [0.3, 0.4) is 0 Å². The molecule has 0 saturated heterocycles. The molecule has 1 N–H and O–H groups in total. The van der Waals surface area contributed by atoms with Crippen molar-refractivity contribution >= 4 is 27.5 Å². The minimum atomic E-state index is -4.25. The Morgan fingerprint density at radius 1 is 0.872 bits per heavy atom. The maximum absolute atomic E-state index is 13.3. The van der Waals surface area contributed by atoms with Crippen molar-refractivity contribution in [2.45, 2.75) is 32.6 Å². The number of rotatable bonds is 8. The Balaban J connectivity index is 1.57. The highest BCUT2D eigenvalue weighted by atomic mass is 32.2. The molecule has 0 amide bonds. The molecule has 0 spiro atoms. The molecule has 0 unspecified atom stereocenters. The number of para-hydroxylation sites is 1. The molecule has 4 aromatic rings. The maximum Gasteiger partial charge on any atom is 0.338 e. The number of nitrogens with one attached hydrogen (secondary N) is 1. The molecule has 0 saturated carbocycles. The fourth-order valence-corrected chi connectivity index (χ4v) is 5.22. The number of aromatic nitrogens is 2. The van der Waals surface area contributed by atoms with E-state index in [4.69, 9.17) is 4.74 Å². The number of anilines is 1. The second kappa shape index (κ2) is 10.7. The van der Waals surface area contributed by atoms with Crippen LogP contribution in [0.2, 0.25) is 0 Å². The van der Waals surface area contributed by atoms with E-state index in [9.17, 15) is 22.8 Å². The van der Waals surface area contributed by atoms with Crippen LogP contribution >= 0.6 is 0 Å². The standard InChI is InChI=1S/C29H29N3O6S/c1-18-11-13-22(15-20(18)3)26(33)17-38-29(35)25-16-24(14-12-19(25)2)39(36,37)30-27-21(4)31(5)32(28(27)34)23-9-7-6-8-10-23/h6-16,30H,17H2,1-5H3. The smallest absolute Gasteiger partial charge is 0.338 e. The van der Waals surface area contributed by atoms with E-state index in [1.807, 2.05) is 26.0 Å². The summed E-state index contributed by atoms with van der Waals surface area (Å²) in [6.07, 6.45) is 0. The third kappa shape index (κ3) is 5.56. The van der Waals surface area contributed by atoms with Gasteiger partial charge < -0.3 is 4.74 Å². The summed E-state index contributed by atoms with van der Waals surface area (Å²) in [5.41, 5.74) is 3.21. The Hall–Kier alpha value is -4.44. The maximum atomic E-state index is 13.3. The van der Waals surface area contributed by atoms with Crippen LogP contribution in [0.1, 0.15) is 43.1 Å². The van der Waals surface area contributed by atoms with Gasteiger partial charge >= 0.3 is 5.97 Å². The van der Waals surface area contributed by atoms with Crippen molar-refractivity contribution in [3.8, 4) is 5.69 Å². The molecule has 39 heavy (non-hydrogen) atoms. The van der Waals surface area contributed by atoms with Crippen molar-refractivity contribution in [2.75, 3.05) is 11.3 Å². The van der Waals surface area contributed by atoms with Gasteiger partial charge in [-0.15, -0.1) is 0 Å². The van der Waals surface area contributed by atoms with Gasteiger partial charge in [-0.2, -0.15) is 0 Å². The highest BCUT2D eigenvalue weighted by Crippen LogP contribution is 2.22. The zero-order valence-electron chi connectivity index (χ0n) is 22.3. The lowest BCUT2D eigenvalue weighted by atomic mass is 10.0. The molecule has 0 bridgehead atoms. The molecule has 1 heterocycles. The topological polar surface area (TPSA) is 116 Å². The number of ether oxygens (including phenoxy) is 1. The van der Waals surface area contributed by atoms with Gasteiger partial charge in [-0.05, 0) is 74.7 Å². The van der Waals surface area contributed by atoms with Crippen LogP contribution in [0.15, 0.2) is 76.4 Å². The minimum Gasteiger partial charge on any atom is -0.454 e. The highest BCUT2D eigenvalue weighted by molar-refractivity contribution is 7.92. The first-order chi connectivity index (χ1) is 18.4. The van der Waals surface area contributed by atoms with Gasteiger partial charge in [0.15, 0.2) is 12.4 Å². The molecule has 1 aromatic heterocycles. The van der Waals surface area contributed by atoms with Crippen LogP contribution in [0.25, 0.3) is 5.69 Å². The van der Waals surface area contributed by atoms with Gasteiger partial charge in [-0.1, -0.05) is 36.4 Å². The van der Waals surface area contributed by atoms with Crippen LogP contribution in [-0.2, 0) is 21.8 Å². The fraction of sp³-hybridized carbons (Fsp3) is 0.207. The van der Waals surface area contributed by atoms with Gasteiger partial charge in [-0.3, -0.25) is 19.0 Å². The number of carbonyl (C=O) groups excluding carboxylic acids is 2. The molecule has 0 aliphatic carbocycles. The Bertz CT molecular complexity index is 1750. The van der Waals surface area contributed by atoms with E-state index in [-0.39, 0.29) is 21.9 Å². The molecule has 0 aliphatic rings. The number of hydrogen-bond donors (Lipinski definition) is 1. The molecule has 10 heteroatoms. The third-order valence-corrected chi connectivity index (χ3v) is 8.04. The summed E-state index contributed by atoms with van der Waals surface area (Å²) in [5.74, 6) is -1.20. The van der Waals surface area contributed by atoms with Crippen LogP contribution in [0.5, 0.6) is 0 Å². The summed E-state index contributed by atoms with van der Waals surface area (Å²) in [5, 5.41) is 0. The van der Waals surface area contributed by atoms with Crippen molar-refractivity contribution in [1.29, 1.82) is 0 Å². The van der Waals surface area contributed by atoms with E-state index in [1.165, 1.54) is 22.9 Å². The average Bonchev–Trinajstić information content (AvgIpc) is 3.11. The predicted octanol–water partition coefficient (Wildman–Crippen LogP) is 4.25. The van der Waals surface area contributed by atoms with Crippen molar-refractivity contribution in [1.82, 2.24) is 9.36 Å². The SMILES string of the molecule is Cc1ccc(C(=O)COC(=O)c2cc(S(=O)(=O)Nc3c(C)n(C)n(-c4ccccc4)c3=O)ccc2C)cc1C. The average molecular weight is 548 g/mol. The number of aryl methyl sites for hydroxylation is 3. The molecule has 9 nitrogen and oxygen atoms in total. The Kier molecular flexibility index (Phi) is 7.60. The molecular formula is C29H29N3O6S. The summed E-state index contributed by atoms with van der Waals surface area (Å²) >= 11 is 0. The number of esters is 1. The first-order valence-corrected chi connectivity index (χ1v) is 13.6. The van der Waals surface area contributed by atoms with Crippen LogP contribution in [0.4, 0.5) is 5.69 Å². The highest BCUT2D eigenvalue weighted by Gasteiger charge is 2.24. The summed E-state index contributed by atoms with van der Waals surface area (Å²) < 4.78 is 37.1. The largest absolute Gasteiger partial charge is 0.454 e. The lowest BCUT2D eigenvalue weighted by Gasteiger charge is -2.11. The normalized spacial score (nSPS) is 11.3. The van der Waals surface area contributed by atoms with E-state index in [1.54, 1.807) is 62.0 Å². The van der Waals surface area contributed by atoms with Gasteiger partial charge in [-0.25, -0.2) is 17.9 Å². The zero-order valence-corrected chi connectivity index (χ0v) is 23.1. The first-order valence-electron chi connectivity index (χ1n) is 12.2. The lowest BCUT2D eigenvalue weighted by molar-refractivity contribution is 0.0473. The Morgan fingerprint density at radius 3 is 2.21 bits per heavy atom. The van der Waals surface area contributed by atoms with Crippen molar-refractivity contribution < 1.29 is 22.7 Å². The number of Topliss-reactive ketones (excluding diaryl/α,β-unsaturated/α-hetero) is 1. The van der Waals surface area contributed by atoms with Crippen LogP contribution < -0.4 is 10.3 Å². The van der Waals surface area contributed by atoms with Crippen molar-refractivity contribution in [3.63, 3.8) is 0 Å².